The summed E-state index contributed by atoms with van der Waals surface area (Å²) in [6.45, 7) is 7.88. The Bertz CT molecular complexity index is 733. The van der Waals surface area contributed by atoms with E-state index < -0.39 is 0 Å². The number of aryl methyl sites for hydroxylation is 3. The number of nitrogens with one attached hydrogen (secondary N) is 1. The Kier molecular flexibility index (Phi) is 5.74. The first kappa shape index (κ1) is 17.7. The molecule has 0 saturated heterocycles. The summed E-state index contributed by atoms with van der Waals surface area (Å²) in [7, 11) is 0. The Balaban J connectivity index is 2.07. The molecule has 1 N–H and O–H groups in total. The lowest BCUT2D eigenvalue weighted by Crippen LogP contribution is -2.36. The first-order valence-corrected chi connectivity index (χ1v) is 8.04. The van der Waals surface area contributed by atoms with Crippen molar-refractivity contribution in [2.75, 3.05) is 11.9 Å². The highest BCUT2D eigenvalue weighted by Crippen LogP contribution is 2.19. The lowest BCUT2D eigenvalue weighted by Gasteiger charge is -2.21. The maximum absolute atomic E-state index is 12.4. The van der Waals surface area contributed by atoms with Crippen LogP contribution in [-0.4, -0.2) is 23.3 Å². The summed E-state index contributed by atoms with van der Waals surface area (Å²) in [6.07, 6.45) is 0. The van der Waals surface area contributed by atoms with Crippen molar-refractivity contribution in [1.29, 1.82) is 0 Å². The highest BCUT2D eigenvalue weighted by atomic mass is 16.2. The van der Waals surface area contributed by atoms with Gasteiger partial charge in [0.1, 0.15) is 6.54 Å². The molecule has 0 aliphatic rings. The second kappa shape index (κ2) is 7.77. The van der Waals surface area contributed by atoms with Crippen molar-refractivity contribution >= 4 is 17.5 Å². The average molecular weight is 324 g/mol. The largest absolute Gasteiger partial charge is 0.329 e. The molecule has 126 valence electrons. The van der Waals surface area contributed by atoms with Gasteiger partial charge in [0, 0.05) is 19.2 Å². The van der Waals surface area contributed by atoms with Gasteiger partial charge in [-0.05, 0) is 37.5 Å². The average Bonchev–Trinajstić information content (AvgIpc) is 2.50. The molecule has 4 nitrogen and oxygen atoms in total. The van der Waals surface area contributed by atoms with E-state index in [9.17, 15) is 9.59 Å². The molecule has 2 aromatic carbocycles. The van der Waals surface area contributed by atoms with Crippen LogP contribution in [0, 0.1) is 20.8 Å². The molecule has 0 spiro atoms. The van der Waals surface area contributed by atoms with Crippen LogP contribution in [0.1, 0.15) is 29.2 Å². The zero-order valence-electron chi connectivity index (χ0n) is 14.7. The quantitative estimate of drug-likeness (QED) is 0.913. The predicted molar refractivity (Wildman–Crippen MR) is 96.8 cm³/mol. The standard InChI is InChI=1S/C20H24N2O2/c1-14-7-5-10-18(11-14)12-22(17(4)23)13-19(24)21-20-15(2)8-6-9-16(20)3/h5-11H,12-13H2,1-4H3,(H,21,24). The normalized spacial score (nSPS) is 10.3. The third-order valence-electron chi connectivity index (χ3n) is 3.98. The van der Waals surface area contributed by atoms with Crippen LogP contribution in [0.5, 0.6) is 0 Å². The SMILES string of the molecule is CC(=O)N(CC(=O)Nc1c(C)cccc1C)Cc1cccc(C)c1. The van der Waals surface area contributed by atoms with Gasteiger partial charge in [0.05, 0.1) is 0 Å². The summed E-state index contributed by atoms with van der Waals surface area (Å²) in [5, 5.41) is 2.93. The molecule has 0 radical (unpaired) electrons. The molecular formula is C20H24N2O2. The topological polar surface area (TPSA) is 49.4 Å². The third kappa shape index (κ3) is 4.69. The molecule has 24 heavy (non-hydrogen) atoms. The van der Waals surface area contributed by atoms with Crippen molar-refractivity contribution in [3.8, 4) is 0 Å². The zero-order valence-corrected chi connectivity index (χ0v) is 14.7. The number of carbonyl (C=O) groups is 2. The minimum absolute atomic E-state index is 0.0387. The molecule has 0 fully saturated rings. The van der Waals surface area contributed by atoms with Crippen LogP contribution in [0.25, 0.3) is 0 Å². The van der Waals surface area contributed by atoms with Crippen LogP contribution in [0.3, 0.4) is 0 Å². The van der Waals surface area contributed by atoms with Crippen LogP contribution >= 0.6 is 0 Å². The first-order valence-electron chi connectivity index (χ1n) is 8.04. The fourth-order valence-corrected chi connectivity index (χ4v) is 2.67. The Morgan fingerprint density at radius 2 is 1.62 bits per heavy atom. The van der Waals surface area contributed by atoms with Gasteiger partial charge in [0.15, 0.2) is 0 Å². The molecule has 0 aromatic heterocycles. The Morgan fingerprint density at radius 3 is 2.21 bits per heavy atom. The van der Waals surface area contributed by atoms with Gasteiger partial charge >= 0.3 is 0 Å². The molecule has 0 saturated carbocycles. The molecule has 4 heteroatoms. The van der Waals surface area contributed by atoms with Crippen LogP contribution < -0.4 is 5.32 Å². The van der Waals surface area contributed by atoms with Crippen molar-refractivity contribution < 1.29 is 9.59 Å². The molecule has 0 heterocycles. The number of nitrogens with zero attached hydrogens (tertiary/aromatic N) is 1. The van der Waals surface area contributed by atoms with Crippen LogP contribution in [0.2, 0.25) is 0 Å². The fraction of sp³-hybridized carbons (Fsp3) is 0.300. The van der Waals surface area contributed by atoms with Crippen molar-refractivity contribution in [3.63, 3.8) is 0 Å². The number of amides is 2. The van der Waals surface area contributed by atoms with E-state index in [1.807, 2.05) is 63.2 Å². The molecule has 0 unspecified atom stereocenters. The van der Waals surface area contributed by atoms with Crippen LogP contribution in [0.15, 0.2) is 42.5 Å². The third-order valence-corrected chi connectivity index (χ3v) is 3.98. The minimum atomic E-state index is -0.185. The summed E-state index contributed by atoms with van der Waals surface area (Å²) >= 11 is 0. The molecular weight excluding hydrogens is 300 g/mol. The van der Waals surface area contributed by atoms with Gasteiger partial charge in [-0.2, -0.15) is 0 Å². The van der Waals surface area contributed by atoms with Gasteiger partial charge in [-0.15, -0.1) is 0 Å². The van der Waals surface area contributed by atoms with Crippen molar-refractivity contribution in [3.05, 3.63) is 64.7 Å². The number of carbonyl (C=O) groups excluding carboxylic acids is 2. The zero-order chi connectivity index (χ0) is 17.7. The first-order chi connectivity index (χ1) is 11.4. The Labute approximate surface area is 143 Å². The molecule has 2 amide bonds. The monoisotopic (exact) mass is 324 g/mol. The van der Waals surface area contributed by atoms with Gasteiger partial charge < -0.3 is 10.2 Å². The predicted octanol–water partition coefficient (Wildman–Crippen LogP) is 3.60. The maximum atomic E-state index is 12.4. The summed E-state index contributed by atoms with van der Waals surface area (Å²) in [4.78, 5) is 25.8. The summed E-state index contributed by atoms with van der Waals surface area (Å²) < 4.78 is 0. The smallest absolute Gasteiger partial charge is 0.244 e. The van der Waals surface area contributed by atoms with Crippen LogP contribution in [0.4, 0.5) is 5.69 Å². The molecule has 0 bridgehead atoms. The van der Waals surface area contributed by atoms with E-state index in [-0.39, 0.29) is 18.4 Å². The number of anilines is 1. The van der Waals surface area contributed by atoms with Crippen LogP contribution in [-0.2, 0) is 16.1 Å². The number of hydrogen-bond acceptors (Lipinski definition) is 2. The van der Waals surface area contributed by atoms with E-state index in [0.717, 1.165) is 27.9 Å². The highest BCUT2D eigenvalue weighted by Gasteiger charge is 2.15. The molecule has 2 aromatic rings. The second-order valence-corrected chi connectivity index (χ2v) is 6.18. The van der Waals surface area contributed by atoms with Gasteiger partial charge in [-0.3, -0.25) is 9.59 Å². The Morgan fingerprint density at radius 1 is 1.00 bits per heavy atom. The molecule has 0 aliphatic carbocycles. The number of para-hydroxylation sites is 1. The summed E-state index contributed by atoms with van der Waals surface area (Å²) in [6, 6.07) is 13.8. The maximum Gasteiger partial charge on any atom is 0.244 e. The van der Waals surface area contributed by atoms with E-state index in [0.29, 0.717) is 6.54 Å². The Hall–Kier alpha value is -2.62. The van der Waals surface area contributed by atoms with Gasteiger partial charge in [0.25, 0.3) is 0 Å². The van der Waals surface area contributed by atoms with E-state index in [1.165, 1.54) is 6.92 Å². The summed E-state index contributed by atoms with van der Waals surface area (Å²) in [5.41, 5.74) is 5.00. The highest BCUT2D eigenvalue weighted by molar-refractivity contribution is 5.95. The number of rotatable bonds is 5. The van der Waals surface area contributed by atoms with Gasteiger partial charge in [-0.1, -0.05) is 48.0 Å². The minimum Gasteiger partial charge on any atom is -0.329 e. The van der Waals surface area contributed by atoms with E-state index in [4.69, 9.17) is 0 Å². The fourth-order valence-electron chi connectivity index (χ4n) is 2.67. The van der Waals surface area contributed by atoms with E-state index in [2.05, 4.69) is 5.32 Å². The lowest BCUT2D eigenvalue weighted by molar-refractivity contribution is -0.133. The van der Waals surface area contributed by atoms with Crippen molar-refractivity contribution in [2.45, 2.75) is 34.2 Å². The van der Waals surface area contributed by atoms with E-state index in [1.54, 1.807) is 4.90 Å². The van der Waals surface area contributed by atoms with E-state index >= 15 is 0 Å². The lowest BCUT2D eigenvalue weighted by atomic mass is 10.1. The molecule has 0 aliphatic heterocycles. The van der Waals surface area contributed by atoms with Crippen molar-refractivity contribution in [1.82, 2.24) is 4.90 Å². The van der Waals surface area contributed by atoms with Gasteiger partial charge in [0.2, 0.25) is 11.8 Å². The number of hydrogen-bond donors (Lipinski definition) is 1. The summed E-state index contributed by atoms with van der Waals surface area (Å²) in [5.74, 6) is -0.302. The molecule has 2 rings (SSSR count). The number of benzene rings is 2. The molecule has 0 atom stereocenters. The van der Waals surface area contributed by atoms with Gasteiger partial charge in [-0.25, -0.2) is 0 Å². The van der Waals surface area contributed by atoms with Crippen molar-refractivity contribution in [2.24, 2.45) is 0 Å². The second-order valence-electron chi connectivity index (χ2n) is 6.18.